The fraction of sp³-hybridized carbons (Fsp3) is 0.706. The van der Waals surface area contributed by atoms with Gasteiger partial charge < -0.3 is 14.6 Å². The number of carboxylic acids is 1. The number of halogens is 3. The van der Waals surface area contributed by atoms with Crippen LogP contribution in [0.25, 0.3) is 0 Å². The summed E-state index contributed by atoms with van der Waals surface area (Å²) in [5.41, 5.74) is 1.48. The molecule has 1 spiro atoms. The van der Waals surface area contributed by atoms with Gasteiger partial charge in [-0.25, -0.2) is 4.79 Å². The Balaban J connectivity index is 0.000000298. The van der Waals surface area contributed by atoms with Gasteiger partial charge >= 0.3 is 12.1 Å². The molecule has 26 heavy (non-hydrogen) atoms. The van der Waals surface area contributed by atoms with Crippen LogP contribution in [0.2, 0.25) is 0 Å². The largest absolute Gasteiger partial charge is 0.490 e. The summed E-state index contributed by atoms with van der Waals surface area (Å²) in [4.78, 5) is 13.0. The molecule has 3 rings (SSSR count). The second-order valence-electron chi connectivity index (χ2n) is 6.70. The van der Waals surface area contributed by atoms with E-state index in [0.717, 1.165) is 26.1 Å². The number of hydrogen-bond acceptors (Lipinski definition) is 5. The Bertz CT molecular complexity index is 607. The van der Waals surface area contributed by atoms with Crippen molar-refractivity contribution in [2.45, 2.75) is 50.6 Å². The monoisotopic (exact) mass is 395 g/mol. The molecule has 2 saturated heterocycles. The van der Waals surface area contributed by atoms with Crippen molar-refractivity contribution in [2.75, 3.05) is 26.8 Å². The minimum atomic E-state index is -5.08. The number of carbonyl (C=O) groups is 1. The predicted molar refractivity (Wildman–Crippen MR) is 91.4 cm³/mol. The molecule has 5 nitrogen and oxygen atoms in total. The molecular weight excluding hydrogens is 371 g/mol. The topological polar surface area (TPSA) is 59.0 Å². The molecule has 0 aromatic carbocycles. The Morgan fingerprint density at radius 2 is 2.23 bits per heavy atom. The maximum absolute atomic E-state index is 10.6. The minimum absolute atomic E-state index is 0.0596. The molecule has 2 aliphatic heterocycles. The number of methoxy groups -OCH3 is 1. The molecule has 0 radical (unpaired) electrons. The minimum Gasteiger partial charge on any atom is -0.475 e. The van der Waals surface area contributed by atoms with E-state index < -0.39 is 12.1 Å². The lowest BCUT2D eigenvalue weighted by Crippen LogP contribution is -2.47. The van der Waals surface area contributed by atoms with E-state index in [9.17, 15) is 13.2 Å². The van der Waals surface area contributed by atoms with E-state index in [2.05, 4.69) is 23.3 Å². The number of rotatable bonds is 3. The van der Waals surface area contributed by atoms with Crippen molar-refractivity contribution in [3.05, 3.63) is 21.9 Å². The fourth-order valence-electron chi connectivity index (χ4n) is 3.33. The average molecular weight is 395 g/mol. The molecule has 1 aromatic rings. The highest BCUT2D eigenvalue weighted by atomic mass is 32.1. The number of aryl methyl sites for hydroxylation is 1. The van der Waals surface area contributed by atoms with Crippen LogP contribution in [-0.2, 0) is 20.8 Å². The summed E-state index contributed by atoms with van der Waals surface area (Å²) in [6.45, 7) is 6.30. The lowest BCUT2D eigenvalue weighted by Gasteiger charge is -2.39. The van der Waals surface area contributed by atoms with Crippen molar-refractivity contribution in [3.8, 4) is 0 Å². The molecular formula is C17H24F3NO4S. The third kappa shape index (κ3) is 5.67. The smallest absolute Gasteiger partial charge is 0.475 e. The van der Waals surface area contributed by atoms with Gasteiger partial charge in [0, 0.05) is 31.5 Å². The van der Waals surface area contributed by atoms with Crippen LogP contribution < -0.4 is 0 Å². The van der Waals surface area contributed by atoms with Crippen molar-refractivity contribution in [1.29, 1.82) is 0 Å². The van der Waals surface area contributed by atoms with Gasteiger partial charge in [-0.05, 0) is 43.3 Å². The molecule has 0 bridgehead atoms. The molecule has 2 fully saturated rings. The fourth-order valence-corrected chi connectivity index (χ4v) is 4.28. The first-order chi connectivity index (χ1) is 12.1. The summed E-state index contributed by atoms with van der Waals surface area (Å²) in [5.74, 6) is -2.76. The summed E-state index contributed by atoms with van der Waals surface area (Å²) in [6.07, 6.45) is -1.31. The van der Waals surface area contributed by atoms with E-state index in [1.165, 1.54) is 29.8 Å². The first-order valence-electron chi connectivity index (χ1n) is 8.37. The quantitative estimate of drug-likeness (QED) is 0.850. The van der Waals surface area contributed by atoms with Crippen molar-refractivity contribution in [2.24, 2.45) is 0 Å². The van der Waals surface area contributed by atoms with Crippen LogP contribution in [-0.4, -0.2) is 60.7 Å². The standard InChI is InChI=1S/C15H23NO2S.C2HF3O2/c1-12-4-7-19-14(12)9-16-6-3-5-15(11-16)8-13(17-2)10-18-15;3-2(4,5)1(6)7/h4,7,13H,3,5-6,8-11H2,1-2H3;(H,6,7)/t13-,15-;/m0./s1. The second-order valence-corrected chi connectivity index (χ2v) is 7.70. The third-order valence-corrected chi connectivity index (χ3v) is 5.71. The molecule has 2 atom stereocenters. The van der Waals surface area contributed by atoms with Crippen LogP contribution in [0.4, 0.5) is 13.2 Å². The van der Waals surface area contributed by atoms with Crippen LogP contribution in [0.15, 0.2) is 11.4 Å². The number of likely N-dealkylation sites (tertiary alicyclic amines) is 1. The maximum atomic E-state index is 10.6. The number of nitrogens with zero attached hydrogens (tertiary/aromatic N) is 1. The molecule has 0 aliphatic carbocycles. The molecule has 148 valence electrons. The number of aliphatic carboxylic acids is 1. The summed E-state index contributed by atoms with van der Waals surface area (Å²) in [5, 5.41) is 9.32. The third-order valence-electron chi connectivity index (χ3n) is 4.70. The van der Waals surface area contributed by atoms with Crippen LogP contribution >= 0.6 is 11.3 Å². The normalized spacial score (nSPS) is 26.6. The number of thiophene rings is 1. The van der Waals surface area contributed by atoms with Crippen molar-refractivity contribution in [3.63, 3.8) is 0 Å². The van der Waals surface area contributed by atoms with E-state index in [-0.39, 0.29) is 5.60 Å². The van der Waals surface area contributed by atoms with Gasteiger partial charge in [0.25, 0.3) is 0 Å². The first kappa shape index (κ1) is 21.1. The van der Waals surface area contributed by atoms with Crippen molar-refractivity contribution in [1.82, 2.24) is 4.90 Å². The summed E-state index contributed by atoms with van der Waals surface area (Å²) < 4.78 is 43.3. The van der Waals surface area contributed by atoms with E-state index in [0.29, 0.717) is 6.10 Å². The SMILES string of the molecule is CO[C@@H]1CO[C@@]2(CCCN(Cc3sccc3C)C2)C1.O=C(O)C(F)(F)F. The van der Waals surface area contributed by atoms with Crippen molar-refractivity contribution < 1.29 is 32.5 Å². The highest BCUT2D eigenvalue weighted by molar-refractivity contribution is 7.10. The van der Waals surface area contributed by atoms with E-state index >= 15 is 0 Å². The van der Waals surface area contributed by atoms with E-state index in [1.807, 2.05) is 11.3 Å². The summed E-state index contributed by atoms with van der Waals surface area (Å²) in [7, 11) is 1.79. The van der Waals surface area contributed by atoms with Gasteiger partial charge in [-0.3, -0.25) is 4.90 Å². The highest BCUT2D eigenvalue weighted by Gasteiger charge is 2.43. The predicted octanol–water partition coefficient (Wildman–Crippen LogP) is 3.46. The van der Waals surface area contributed by atoms with Gasteiger partial charge in [0.1, 0.15) is 0 Å². The van der Waals surface area contributed by atoms with Gasteiger partial charge in [0.15, 0.2) is 0 Å². The van der Waals surface area contributed by atoms with Crippen LogP contribution in [0.3, 0.4) is 0 Å². The maximum Gasteiger partial charge on any atom is 0.490 e. The summed E-state index contributed by atoms with van der Waals surface area (Å²) >= 11 is 1.87. The zero-order chi connectivity index (χ0) is 19.4. The molecule has 0 unspecified atom stereocenters. The van der Waals surface area contributed by atoms with Gasteiger partial charge in [-0.15, -0.1) is 11.3 Å². The molecule has 9 heteroatoms. The zero-order valence-corrected chi connectivity index (χ0v) is 15.7. The Kier molecular flexibility index (Phi) is 7.06. The Hall–Kier alpha value is -1.16. The molecule has 2 aliphatic rings. The molecule has 0 amide bonds. The second kappa shape index (κ2) is 8.69. The van der Waals surface area contributed by atoms with Crippen molar-refractivity contribution >= 4 is 17.3 Å². The van der Waals surface area contributed by atoms with E-state index in [1.54, 1.807) is 7.11 Å². The first-order valence-corrected chi connectivity index (χ1v) is 9.25. The molecule has 1 aromatic heterocycles. The zero-order valence-electron chi connectivity index (χ0n) is 14.8. The van der Waals surface area contributed by atoms with Gasteiger partial charge in [-0.2, -0.15) is 13.2 Å². The van der Waals surface area contributed by atoms with Crippen LogP contribution in [0, 0.1) is 6.92 Å². The molecule has 1 N–H and O–H groups in total. The molecule has 3 heterocycles. The lowest BCUT2D eigenvalue weighted by molar-refractivity contribution is -0.192. The summed E-state index contributed by atoms with van der Waals surface area (Å²) in [6, 6.07) is 2.22. The Morgan fingerprint density at radius 3 is 2.73 bits per heavy atom. The highest BCUT2D eigenvalue weighted by Crippen LogP contribution is 2.36. The number of hydrogen-bond donors (Lipinski definition) is 1. The number of ether oxygens (including phenoxy) is 2. The number of carboxylic acid groups (broad SMARTS) is 1. The van der Waals surface area contributed by atoms with Crippen LogP contribution in [0.5, 0.6) is 0 Å². The lowest BCUT2D eigenvalue weighted by atomic mass is 9.89. The molecule has 0 saturated carbocycles. The van der Waals surface area contributed by atoms with E-state index in [4.69, 9.17) is 19.4 Å². The Morgan fingerprint density at radius 1 is 1.54 bits per heavy atom. The van der Waals surface area contributed by atoms with Gasteiger partial charge in [0.2, 0.25) is 0 Å². The average Bonchev–Trinajstić information content (AvgIpc) is 3.14. The Labute approximate surface area is 154 Å². The number of piperidine rings is 1. The number of alkyl halides is 3. The van der Waals surface area contributed by atoms with Gasteiger partial charge in [-0.1, -0.05) is 0 Å². The van der Waals surface area contributed by atoms with Gasteiger partial charge in [0.05, 0.1) is 18.3 Å². The van der Waals surface area contributed by atoms with Crippen LogP contribution in [0.1, 0.15) is 29.7 Å².